The summed E-state index contributed by atoms with van der Waals surface area (Å²) in [6.07, 6.45) is -1.04. The van der Waals surface area contributed by atoms with E-state index in [1.807, 2.05) is 18.2 Å². The molecule has 3 heteroatoms. The predicted molar refractivity (Wildman–Crippen MR) is 55.4 cm³/mol. The van der Waals surface area contributed by atoms with Crippen LogP contribution in [0.5, 0.6) is 0 Å². The van der Waals surface area contributed by atoms with Gasteiger partial charge in [-0.2, -0.15) is 0 Å². The van der Waals surface area contributed by atoms with Crippen LogP contribution in [0.2, 0.25) is 0 Å². The van der Waals surface area contributed by atoms with Crippen molar-refractivity contribution in [2.45, 2.75) is 26.1 Å². The first-order valence-electron chi connectivity index (χ1n) is 4.18. The Hall–Kier alpha value is -0.380. The van der Waals surface area contributed by atoms with E-state index in [1.165, 1.54) is 0 Å². The molecule has 0 spiro atoms. The Bertz CT molecular complexity index is 269. The lowest BCUT2D eigenvalue weighted by Gasteiger charge is -2.13. The Morgan fingerprint density at radius 2 is 1.46 bits per heavy atom. The molecule has 72 valence electrons. The van der Waals surface area contributed by atoms with Gasteiger partial charge in [0, 0.05) is 4.47 Å². The van der Waals surface area contributed by atoms with Gasteiger partial charge < -0.3 is 10.2 Å². The minimum atomic E-state index is -0.520. The lowest BCUT2D eigenvalue weighted by Crippen LogP contribution is -1.98. The van der Waals surface area contributed by atoms with Crippen molar-refractivity contribution in [1.29, 1.82) is 0 Å². The number of hydrogen-bond donors (Lipinski definition) is 2. The summed E-state index contributed by atoms with van der Waals surface area (Å²) in [6.45, 7) is 3.40. The fourth-order valence-corrected chi connectivity index (χ4v) is 2.14. The molecule has 0 aromatic heterocycles. The maximum absolute atomic E-state index is 9.40. The van der Waals surface area contributed by atoms with Gasteiger partial charge in [-0.15, -0.1) is 0 Å². The van der Waals surface area contributed by atoms with Crippen LogP contribution in [0.15, 0.2) is 22.7 Å². The lowest BCUT2D eigenvalue weighted by molar-refractivity contribution is 0.191. The van der Waals surface area contributed by atoms with E-state index in [0.29, 0.717) is 0 Å². The number of benzene rings is 1. The zero-order valence-corrected chi connectivity index (χ0v) is 9.25. The highest BCUT2D eigenvalue weighted by atomic mass is 79.9. The van der Waals surface area contributed by atoms with Gasteiger partial charge in [-0.25, -0.2) is 0 Å². The summed E-state index contributed by atoms with van der Waals surface area (Å²) in [7, 11) is 0. The van der Waals surface area contributed by atoms with E-state index >= 15 is 0 Å². The van der Waals surface area contributed by atoms with Crippen LogP contribution in [0.3, 0.4) is 0 Å². The Morgan fingerprint density at radius 3 is 1.77 bits per heavy atom. The van der Waals surface area contributed by atoms with Gasteiger partial charge in [-0.3, -0.25) is 0 Å². The molecule has 2 N–H and O–H groups in total. The molecule has 2 unspecified atom stereocenters. The highest BCUT2D eigenvalue weighted by Gasteiger charge is 2.12. The Balaban J connectivity index is 3.18. The maximum atomic E-state index is 9.40. The first-order chi connectivity index (χ1) is 6.04. The first-order valence-corrected chi connectivity index (χ1v) is 4.97. The third-order valence-corrected chi connectivity index (χ3v) is 2.87. The van der Waals surface area contributed by atoms with E-state index in [9.17, 15) is 10.2 Å². The van der Waals surface area contributed by atoms with Crippen molar-refractivity contribution >= 4 is 15.9 Å². The normalized spacial score (nSPS) is 15.5. The van der Waals surface area contributed by atoms with Crippen LogP contribution in [-0.4, -0.2) is 10.2 Å². The molecule has 0 saturated heterocycles. The van der Waals surface area contributed by atoms with Gasteiger partial charge in [0.05, 0.1) is 12.2 Å². The zero-order chi connectivity index (χ0) is 10.0. The van der Waals surface area contributed by atoms with Gasteiger partial charge in [0.1, 0.15) is 0 Å². The van der Waals surface area contributed by atoms with Crippen molar-refractivity contribution < 1.29 is 10.2 Å². The molecular formula is C10H13BrO2. The number of aliphatic hydroxyl groups excluding tert-OH is 2. The van der Waals surface area contributed by atoms with E-state index in [2.05, 4.69) is 15.9 Å². The quantitative estimate of drug-likeness (QED) is 0.840. The maximum Gasteiger partial charge on any atom is 0.0772 e. The molecule has 0 heterocycles. The molecule has 0 radical (unpaired) electrons. The molecule has 13 heavy (non-hydrogen) atoms. The second-order valence-corrected chi connectivity index (χ2v) is 3.90. The third-order valence-electron chi connectivity index (χ3n) is 1.96. The fourth-order valence-electron chi connectivity index (χ4n) is 1.21. The number of hydrogen-bond acceptors (Lipinski definition) is 2. The minimum Gasteiger partial charge on any atom is -0.389 e. The topological polar surface area (TPSA) is 40.5 Å². The van der Waals surface area contributed by atoms with E-state index in [1.54, 1.807) is 13.8 Å². The third kappa shape index (κ3) is 2.30. The first kappa shape index (κ1) is 10.7. The predicted octanol–water partition coefficient (Wildman–Crippen LogP) is 2.56. The molecule has 0 aliphatic carbocycles. The van der Waals surface area contributed by atoms with Crippen LogP contribution in [0.1, 0.15) is 37.2 Å². The molecule has 1 aromatic rings. The van der Waals surface area contributed by atoms with Gasteiger partial charge in [0.25, 0.3) is 0 Å². The SMILES string of the molecule is CC(O)c1cccc(C(C)O)c1Br. The molecule has 0 aliphatic rings. The summed E-state index contributed by atoms with van der Waals surface area (Å²) in [5.41, 5.74) is 1.61. The molecule has 0 fully saturated rings. The van der Waals surface area contributed by atoms with Crippen LogP contribution in [-0.2, 0) is 0 Å². The molecule has 0 amide bonds. The largest absolute Gasteiger partial charge is 0.389 e. The fraction of sp³-hybridized carbons (Fsp3) is 0.400. The number of aliphatic hydroxyl groups is 2. The van der Waals surface area contributed by atoms with Crippen molar-refractivity contribution in [2.75, 3.05) is 0 Å². The van der Waals surface area contributed by atoms with Crippen LogP contribution >= 0.6 is 15.9 Å². The van der Waals surface area contributed by atoms with Gasteiger partial charge in [0.15, 0.2) is 0 Å². The standard InChI is InChI=1S/C10H13BrO2/c1-6(12)8-4-3-5-9(7(2)13)10(8)11/h3-7,12-13H,1-2H3. The highest BCUT2D eigenvalue weighted by Crippen LogP contribution is 2.30. The summed E-state index contributed by atoms with van der Waals surface area (Å²) in [4.78, 5) is 0. The molecule has 0 saturated carbocycles. The smallest absolute Gasteiger partial charge is 0.0772 e. The Labute approximate surface area is 86.3 Å². The minimum absolute atomic E-state index is 0.520. The van der Waals surface area contributed by atoms with Gasteiger partial charge in [-0.1, -0.05) is 34.1 Å². The van der Waals surface area contributed by atoms with Crippen molar-refractivity contribution in [3.05, 3.63) is 33.8 Å². The number of rotatable bonds is 2. The van der Waals surface area contributed by atoms with Crippen molar-refractivity contribution in [2.24, 2.45) is 0 Å². The Kier molecular flexibility index (Phi) is 3.47. The van der Waals surface area contributed by atoms with Crippen LogP contribution < -0.4 is 0 Å². The number of halogens is 1. The Morgan fingerprint density at radius 1 is 1.08 bits per heavy atom. The van der Waals surface area contributed by atoms with Crippen LogP contribution in [0.4, 0.5) is 0 Å². The lowest BCUT2D eigenvalue weighted by atomic mass is 10.0. The molecule has 0 aliphatic heterocycles. The van der Waals surface area contributed by atoms with E-state index in [0.717, 1.165) is 15.6 Å². The van der Waals surface area contributed by atoms with Gasteiger partial charge in [-0.05, 0) is 25.0 Å². The molecule has 0 bridgehead atoms. The average Bonchev–Trinajstić information content (AvgIpc) is 2.03. The monoisotopic (exact) mass is 244 g/mol. The molecular weight excluding hydrogens is 232 g/mol. The summed E-state index contributed by atoms with van der Waals surface area (Å²) in [5.74, 6) is 0. The second-order valence-electron chi connectivity index (χ2n) is 3.10. The average molecular weight is 245 g/mol. The van der Waals surface area contributed by atoms with Crippen LogP contribution in [0.25, 0.3) is 0 Å². The molecule has 2 nitrogen and oxygen atoms in total. The highest BCUT2D eigenvalue weighted by molar-refractivity contribution is 9.10. The summed E-state index contributed by atoms with van der Waals surface area (Å²) in [6, 6.07) is 5.50. The van der Waals surface area contributed by atoms with E-state index < -0.39 is 12.2 Å². The van der Waals surface area contributed by atoms with Crippen LogP contribution in [0, 0.1) is 0 Å². The summed E-state index contributed by atoms with van der Waals surface area (Å²) < 4.78 is 0.792. The van der Waals surface area contributed by atoms with Crippen molar-refractivity contribution in [3.63, 3.8) is 0 Å². The summed E-state index contributed by atoms with van der Waals surface area (Å²) >= 11 is 3.36. The van der Waals surface area contributed by atoms with Gasteiger partial charge >= 0.3 is 0 Å². The second kappa shape index (κ2) is 4.22. The molecule has 1 rings (SSSR count). The van der Waals surface area contributed by atoms with Crippen molar-refractivity contribution in [3.8, 4) is 0 Å². The molecule has 2 atom stereocenters. The van der Waals surface area contributed by atoms with Crippen molar-refractivity contribution in [1.82, 2.24) is 0 Å². The van der Waals surface area contributed by atoms with E-state index in [4.69, 9.17) is 0 Å². The van der Waals surface area contributed by atoms with E-state index in [-0.39, 0.29) is 0 Å². The molecule has 1 aromatic carbocycles. The zero-order valence-electron chi connectivity index (χ0n) is 7.66. The summed E-state index contributed by atoms with van der Waals surface area (Å²) in [5, 5.41) is 18.8. The van der Waals surface area contributed by atoms with Gasteiger partial charge in [0.2, 0.25) is 0 Å².